The molecule has 1 unspecified atom stereocenters. The minimum absolute atomic E-state index is 0.300. The predicted octanol–water partition coefficient (Wildman–Crippen LogP) is 3.30. The molecule has 0 saturated carbocycles. The molecule has 1 aliphatic rings. The van der Waals surface area contributed by atoms with Gasteiger partial charge in [0.1, 0.15) is 11.8 Å². The van der Waals surface area contributed by atoms with Crippen molar-refractivity contribution in [3.05, 3.63) is 52.3 Å². The second kappa shape index (κ2) is 4.71. The number of para-hydroxylation sites is 1. The topological polar surface area (TPSA) is 48.1 Å². The van der Waals surface area contributed by atoms with E-state index in [0.717, 1.165) is 33.2 Å². The van der Waals surface area contributed by atoms with Crippen molar-refractivity contribution < 1.29 is 4.74 Å². The SMILES string of the molecule is NC(C1=CCCO1)c1nc2ccccc2cc1Br. The number of nitrogens with two attached hydrogens (primary N) is 1. The molecule has 0 radical (unpaired) electrons. The molecule has 2 N–H and O–H groups in total. The Bertz CT molecular complexity index is 624. The Morgan fingerprint density at radius 1 is 1.33 bits per heavy atom. The average Bonchev–Trinajstić information content (AvgIpc) is 2.91. The van der Waals surface area contributed by atoms with Crippen molar-refractivity contribution in [2.45, 2.75) is 12.5 Å². The lowest BCUT2D eigenvalue weighted by atomic mass is 10.1. The molecule has 0 saturated heterocycles. The third-order valence-electron chi connectivity index (χ3n) is 3.04. The smallest absolute Gasteiger partial charge is 0.115 e. The van der Waals surface area contributed by atoms with Crippen molar-refractivity contribution >= 4 is 26.8 Å². The van der Waals surface area contributed by atoms with E-state index < -0.39 is 0 Å². The van der Waals surface area contributed by atoms with Crippen LogP contribution in [-0.4, -0.2) is 11.6 Å². The van der Waals surface area contributed by atoms with E-state index in [9.17, 15) is 0 Å². The van der Waals surface area contributed by atoms with Gasteiger partial charge in [0.2, 0.25) is 0 Å². The lowest BCUT2D eigenvalue weighted by Gasteiger charge is -2.15. The number of aromatic nitrogens is 1. The summed E-state index contributed by atoms with van der Waals surface area (Å²) in [7, 11) is 0. The first-order valence-electron chi connectivity index (χ1n) is 5.89. The summed E-state index contributed by atoms with van der Waals surface area (Å²) >= 11 is 3.54. The lowest BCUT2D eigenvalue weighted by Crippen LogP contribution is -2.16. The van der Waals surface area contributed by atoms with Crippen LogP contribution in [0.4, 0.5) is 0 Å². The number of rotatable bonds is 2. The molecule has 1 aromatic carbocycles. The van der Waals surface area contributed by atoms with Crippen LogP contribution in [0, 0.1) is 0 Å². The molecule has 0 bridgehead atoms. The van der Waals surface area contributed by atoms with E-state index in [2.05, 4.69) is 20.9 Å². The van der Waals surface area contributed by atoms with Gasteiger partial charge in [-0.05, 0) is 34.1 Å². The molecule has 18 heavy (non-hydrogen) atoms. The van der Waals surface area contributed by atoms with Gasteiger partial charge >= 0.3 is 0 Å². The first-order valence-corrected chi connectivity index (χ1v) is 6.68. The second-order valence-electron chi connectivity index (χ2n) is 4.27. The molecule has 2 heterocycles. The van der Waals surface area contributed by atoms with Gasteiger partial charge in [-0.1, -0.05) is 18.2 Å². The number of hydrogen-bond acceptors (Lipinski definition) is 3. The number of pyridine rings is 1. The van der Waals surface area contributed by atoms with Crippen LogP contribution in [0.1, 0.15) is 18.2 Å². The van der Waals surface area contributed by atoms with Crippen molar-refractivity contribution in [3.8, 4) is 0 Å². The van der Waals surface area contributed by atoms with Gasteiger partial charge in [0.25, 0.3) is 0 Å². The maximum atomic E-state index is 6.21. The minimum Gasteiger partial charge on any atom is -0.496 e. The van der Waals surface area contributed by atoms with Crippen LogP contribution in [0.15, 0.2) is 46.6 Å². The highest BCUT2D eigenvalue weighted by atomic mass is 79.9. The summed E-state index contributed by atoms with van der Waals surface area (Å²) in [6, 6.07) is 9.75. The molecule has 0 amide bonds. The average molecular weight is 305 g/mol. The molecule has 1 aromatic heterocycles. The molecular formula is C14H13BrN2O. The normalized spacial score (nSPS) is 16.4. The van der Waals surface area contributed by atoms with E-state index in [1.165, 1.54) is 0 Å². The molecule has 0 aliphatic carbocycles. The Labute approximate surface area is 114 Å². The first-order chi connectivity index (χ1) is 8.75. The molecule has 2 aromatic rings. The van der Waals surface area contributed by atoms with Gasteiger partial charge in [-0.25, -0.2) is 4.98 Å². The fourth-order valence-corrected chi connectivity index (χ4v) is 2.69. The number of hydrogen-bond donors (Lipinski definition) is 1. The zero-order valence-electron chi connectivity index (χ0n) is 9.77. The summed E-state index contributed by atoms with van der Waals surface area (Å²) in [6.45, 7) is 0.717. The van der Waals surface area contributed by atoms with Crippen LogP contribution in [0.3, 0.4) is 0 Å². The summed E-state index contributed by atoms with van der Waals surface area (Å²) < 4.78 is 6.43. The lowest BCUT2D eigenvalue weighted by molar-refractivity contribution is 0.224. The summed E-state index contributed by atoms with van der Waals surface area (Å²) in [5.74, 6) is 0.818. The minimum atomic E-state index is -0.300. The van der Waals surface area contributed by atoms with Gasteiger partial charge in [-0.3, -0.25) is 0 Å². The van der Waals surface area contributed by atoms with E-state index in [0.29, 0.717) is 6.61 Å². The van der Waals surface area contributed by atoms with E-state index in [1.54, 1.807) is 0 Å². The number of ether oxygens (including phenoxy) is 1. The van der Waals surface area contributed by atoms with Crippen LogP contribution in [0.5, 0.6) is 0 Å². The fraction of sp³-hybridized carbons (Fsp3) is 0.214. The Balaban J connectivity index is 2.08. The molecule has 0 fully saturated rings. The highest BCUT2D eigenvalue weighted by Gasteiger charge is 2.20. The van der Waals surface area contributed by atoms with Gasteiger partial charge in [0.05, 0.1) is 17.8 Å². The van der Waals surface area contributed by atoms with Gasteiger partial charge < -0.3 is 10.5 Å². The van der Waals surface area contributed by atoms with Crippen LogP contribution in [-0.2, 0) is 4.74 Å². The summed E-state index contributed by atoms with van der Waals surface area (Å²) in [5, 5.41) is 1.10. The second-order valence-corrected chi connectivity index (χ2v) is 5.12. The third kappa shape index (κ3) is 2.02. The van der Waals surface area contributed by atoms with Crippen LogP contribution < -0.4 is 5.73 Å². The van der Waals surface area contributed by atoms with E-state index in [1.807, 2.05) is 36.4 Å². The van der Waals surface area contributed by atoms with E-state index in [4.69, 9.17) is 10.5 Å². The summed E-state index contributed by atoms with van der Waals surface area (Å²) in [6.07, 6.45) is 2.96. The number of nitrogens with zero attached hydrogens (tertiary/aromatic N) is 1. The molecule has 1 aliphatic heterocycles. The summed E-state index contributed by atoms with van der Waals surface area (Å²) in [5.41, 5.74) is 7.98. The molecule has 3 rings (SSSR count). The largest absolute Gasteiger partial charge is 0.496 e. The van der Waals surface area contributed by atoms with Crippen LogP contribution in [0.25, 0.3) is 10.9 Å². The number of benzene rings is 1. The van der Waals surface area contributed by atoms with Gasteiger partial charge in [-0.15, -0.1) is 0 Å². The van der Waals surface area contributed by atoms with Crippen molar-refractivity contribution in [2.75, 3.05) is 6.61 Å². The highest BCUT2D eigenvalue weighted by Crippen LogP contribution is 2.30. The number of halogens is 1. The third-order valence-corrected chi connectivity index (χ3v) is 3.67. The zero-order chi connectivity index (χ0) is 12.5. The monoisotopic (exact) mass is 304 g/mol. The Morgan fingerprint density at radius 2 is 2.17 bits per heavy atom. The van der Waals surface area contributed by atoms with Crippen molar-refractivity contribution in [1.29, 1.82) is 0 Å². The Kier molecular flexibility index (Phi) is 3.06. The number of fused-ring (bicyclic) bond motifs is 1. The Hall–Kier alpha value is -1.39. The first kappa shape index (κ1) is 11.7. The Morgan fingerprint density at radius 3 is 2.94 bits per heavy atom. The van der Waals surface area contributed by atoms with Crippen molar-refractivity contribution in [2.24, 2.45) is 5.73 Å². The van der Waals surface area contributed by atoms with Crippen LogP contribution >= 0.6 is 15.9 Å². The van der Waals surface area contributed by atoms with Crippen molar-refractivity contribution in [3.63, 3.8) is 0 Å². The molecule has 4 heteroatoms. The van der Waals surface area contributed by atoms with Gasteiger partial charge in [-0.2, -0.15) is 0 Å². The molecule has 0 spiro atoms. The molecule has 3 nitrogen and oxygen atoms in total. The predicted molar refractivity (Wildman–Crippen MR) is 75.0 cm³/mol. The summed E-state index contributed by atoms with van der Waals surface area (Å²) in [4.78, 5) is 4.63. The highest BCUT2D eigenvalue weighted by molar-refractivity contribution is 9.10. The fourth-order valence-electron chi connectivity index (χ4n) is 2.11. The molecule has 92 valence electrons. The quantitative estimate of drug-likeness (QED) is 0.926. The van der Waals surface area contributed by atoms with Gasteiger partial charge in [0.15, 0.2) is 0 Å². The van der Waals surface area contributed by atoms with Crippen LogP contribution in [0.2, 0.25) is 0 Å². The van der Waals surface area contributed by atoms with E-state index in [-0.39, 0.29) is 6.04 Å². The van der Waals surface area contributed by atoms with Crippen molar-refractivity contribution in [1.82, 2.24) is 4.98 Å². The maximum absolute atomic E-state index is 6.21. The molecule has 1 atom stereocenters. The maximum Gasteiger partial charge on any atom is 0.115 e. The standard InChI is InChI=1S/C14H13BrN2O/c15-10-8-9-4-1-2-5-11(9)17-14(10)13(16)12-6-3-7-18-12/h1-2,4-6,8,13H,3,7,16H2. The van der Waals surface area contributed by atoms with Gasteiger partial charge in [0, 0.05) is 16.3 Å². The molecular weight excluding hydrogens is 292 g/mol. The van der Waals surface area contributed by atoms with E-state index >= 15 is 0 Å². The zero-order valence-corrected chi connectivity index (χ0v) is 11.4.